The van der Waals surface area contributed by atoms with Gasteiger partial charge in [-0.2, -0.15) is 5.26 Å². The van der Waals surface area contributed by atoms with Crippen molar-refractivity contribution in [1.82, 2.24) is 0 Å². The Balaban J connectivity index is 2.58. The molecular weight excluding hydrogens is 198 g/mol. The maximum Gasteiger partial charge on any atom is 0.304 e. The van der Waals surface area contributed by atoms with Crippen molar-refractivity contribution < 1.29 is 9.53 Å². The van der Waals surface area contributed by atoms with Gasteiger partial charge < -0.3 is 4.74 Å². The van der Waals surface area contributed by atoms with Gasteiger partial charge in [0.05, 0.1) is 0 Å². The maximum atomic E-state index is 10.6. The molecule has 0 spiro atoms. The third-order valence-electron chi connectivity index (χ3n) is 1.36. The maximum absolute atomic E-state index is 10.6. The van der Waals surface area contributed by atoms with Crippen LogP contribution in [0.4, 0.5) is 0 Å². The van der Waals surface area contributed by atoms with Crippen molar-refractivity contribution in [2.45, 2.75) is 17.3 Å². The van der Waals surface area contributed by atoms with Gasteiger partial charge in [-0.15, -0.1) is 0 Å². The summed E-state index contributed by atoms with van der Waals surface area (Å²) in [4.78, 5) is 11.5. The van der Waals surface area contributed by atoms with Crippen molar-refractivity contribution in [2.24, 2.45) is 0 Å². The Bertz CT molecular complexity index is 345. The summed E-state index contributed by atoms with van der Waals surface area (Å²) < 4.78 is 4.77. The van der Waals surface area contributed by atoms with Gasteiger partial charge in [0, 0.05) is 11.8 Å². The van der Waals surface area contributed by atoms with Gasteiger partial charge in [-0.1, -0.05) is 30.0 Å². The SMILES string of the molecule is CC(=O)OC(C#N)Sc1ccccc1. The van der Waals surface area contributed by atoms with Crippen LogP contribution in [0.15, 0.2) is 35.2 Å². The summed E-state index contributed by atoms with van der Waals surface area (Å²) in [5.74, 6) is -0.444. The molecule has 0 aliphatic rings. The zero-order chi connectivity index (χ0) is 10.4. The molecule has 0 aromatic heterocycles. The van der Waals surface area contributed by atoms with E-state index >= 15 is 0 Å². The van der Waals surface area contributed by atoms with Crippen LogP contribution in [0.25, 0.3) is 0 Å². The van der Waals surface area contributed by atoms with Gasteiger partial charge in [-0.05, 0) is 12.1 Å². The summed E-state index contributed by atoms with van der Waals surface area (Å²) in [6, 6.07) is 11.2. The predicted molar refractivity (Wildman–Crippen MR) is 53.5 cm³/mol. The van der Waals surface area contributed by atoms with Gasteiger partial charge in [0.25, 0.3) is 0 Å². The minimum absolute atomic E-state index is 0.444. The highest BCUT2D eigenvalue weighted by Crippen LogP contribution is 2.23. The Morgan fingerprint density at radius 3 is 2.64 bits per heavy atom. The lowest BCUT2D eigenvalue weighted by Crippen LogP contribution is -2.09. The summed E-state index contributed by atoms with van der Waals surface area (Å²) >= 11 is 1.21. The molecule has 0 fully saturated rings. The Labute approximate surface area is 86.7 Å². The highest BCUT2D eigenvalue weighted by Gasteiger charge is 2.11. The summed E-state index contributed by atoms with van der Waals surface area (Å²) in [7, 11) is 0. The quantitative estimate of drug-likeness (QED) is 0.433. The third-order valence-corrected chi connectivity index (χ3v) is 2.32. The van der Waals surface area contributed by atoms with E-state index in [1.165, 1.54) is 18.7 Å². The number of thioether (sulfide) groups is 1. The van der Waals surface area contributed by atoms with Crippen LogP contribution in [0.1, 0.15) is 6.92 Å². The number of hydrogen-bond acceptors (Lipinski definition) is 4. The van der Waals surface area contributed by atoms with Gasteiger partial charge in [0.2, 0.25) is 5.44 Å². The second kappa shape index (κ2) is 5.30. The molecule has 0 aliphatic carbocycles. The van der Waals surface area contributed by atoms with E-state index < -0.39 is 11.4 Å². The van der Waals surface area contributed by atoms with Crippen LogP contribution in [-0.2, 0) is 9.53 Å². The third kappa shape index (κ3) is 3.50. The molecule has 0 bridgehead atoms. The van der Waals surface area contributed by atoms with Crippen molar-refractivity contribution in [3.63, 3.8) is 0 Å². The molecule has 0 amide bonds. The minimum Gasteiger partial charge on any atom is -0.436 e. The zero-order valence-electron chi connectivity index (χ0n) is 7.64. The zero-order valence-corrected chi connectivity index (χ0v) is 8.45. The van der Waals surface area contributed by atoms with E-state index in [0.717, 1.165) is 4.90 Å². The first kappa shape index (κ1) is 10.6. The first-order valence-electron chi connectivity index (χ1n) is 4.01. The van der Waals surface area contributed by atoms with Crippen LogP contribution in [0.5, 0.6) is 0 Å². The summed E-state index contributed by atoms with van der Waals surface area (Å²) in [6.07, 6.45) is 0. The number of benzene rings is 1. The summed E-state index contributed by atoms with van der Waals surface area (Å²) in [6.45, 7) is 1.29. The summed E-state index contributed by atoms with van der Waals surface area (Å²) in [5, 5.41) is 8.69. The van der Waals surface area contributed by atoms with Crippen LogP contribution >= 0.6 is 11.8 Å². The summed E-state index contributed by atoms with van der Waals surface area (Å²) in [5.41, 5.74) is -0.769. The number of rotatable bonds is 3. The fourth-order valence-corrected chi connectivity index (χ4v) is 1.65. The van der Waals surface area contributed by atoms with Crippen molar-refractivity contribution in [3.05, 3.63) is 30.3 Å². The number of hydrogen-bond donors (Lipinski definition) is 0. The van der Waals surface area contributed by atoms with Crippen LogP contribution < -0.4 is 0 Å². The molecule has 1 aromatic rings. The van der Waals surface area contributed by atoms with Gasteiger partial charge >= 0.3 is 5.97 Å². The monoisotopic (exact) mass is 207 g/mol. The highest BCUT2D eigenvalue weighted by molar-refractivity contribution is 8.00. The van der Waals surface area contributed by atoms with Gasteiger partial charge in [0.1, 0.15) is 6.07 Å². The Morgan fingerprint density at radius 1 is 1.50 bits per heavy atom. The van der Waals surface area contributed by atoms with E-state index in [0.29, 0.717) is 0 Å². The van der Waals surface area contributed by atoms with Crippen LogP contribution in [-0.4, -0.2) is 11.4 Å². The number of ether oxygens (including phenoxy) is 1. The second-order valence-electron chi connectivity index (χ2n) is 2.50. The Morgan fingerprint density at radius 2 is 2.14 bits per heavy atom. The molecule has 14 heavy (non-hydrogen) atoms. The Kier molecular flexibility index (Phi) is 4.02. The van der Waals surface area contributed by atoms with E-state index in [-0.39, 0.29) is 0 Å². The van der Waals surface area contributed by atoms with Gasteiger partial charge in [-0.3, -0.25) is 4.79 Å². The fraction of sp³-hybridized carbons (Fsp3) is 0.200. The lowest BCUT2D eigenvalue weighted by molar-refractivity contribution is -0.140. The van der Waals surface area contributed by atoms with Crippen molar-refractivity contribution in [2.75, 3.05) is 0 Å². The number of carbonyl (C=O) groups excluding carboxylic acids is 1. The molecule has 72 valence electrons. The molecule has 0 saturated heterocycles. The smallest absolute Gasteiger partial charge is 0.304 e. The largest absolute Gasteiger partial charge is 0.436 e. The van der Waals surface area contributed by atoms with Gasteiger partial charge in [-0.25, -0.2) is 0 Å². The van der Waals surface area contributed by atoms with E-state index in [1.807, 2.05) is 36.4 Å². The van der Waals surface area contributed by atoms with Crippen molar-refractivity contribution in [3.8, 4) is 6.07 Å². The topological polar surface area (TPSA) is 50.1 Å². The first-order valence-corrected chi connectivity index (χ1v) is 4.89. The van der Waals surface area contributed by atoms with Crippen LogP contribution in [0.2, 0.25) is 0 Å². The molecule has 0 saturated carbocycles. The van der Waals surface area contributed by atoms with E-state index in [2.05, 4.69) is 0 Å². The molecule has 1 unspecified atom stereocenters. The fourth-order valence-electron chi connectivity index (χ4n) is 0.850. The normalized spacial score (nSPS) is 11.4. The molecular formula is C10H9NO2S. The van der Waals surface area contributed by atoms with Gasteiger partial charge in [0.15, 0.2) is 0 Å². The molecule has 0 heterocycles. The average Bonchev–Trinajstić information content (AvgIpc) is 2.17. The van der Waals surface area contributed by atoms with E-state index in [1.54, 1.807) is 0 Å². The number of carbonyl (C=O) groups is 1. The molecule has 0 radical (unpaired) electrons. The molecule has 4 heteroatoms. The lowest BCUT2D eigenvalue weighted by Gasteiger charge is -2.07. The predicted octanol–water partition coefficient (Wildman–Crippen LogP) is 2.19. The molecule has 1 aromatic carbocycles. The Hall–Kier alpha value is -1.47. The lowest BCUT2D eigenvalue weighted by atomic mass is 10.4. The van der Waals surface area contributed by atoms with Crippen molar-refractivity contribution >= 4 is 17.7 Å². The average molecular weight is 207 g/mol. The van der Waals surface area contributed by atoms with Crippen LogP contribution in [0.3, 0.4) is 0 Å². The number of esters is 1. The first-order chi connectivity index (χ1) is 6.72. The van der Waals surface area contributed by atoms with Crippen LogP contribution in [0, 0.1) is 11.3 Å². The molecule has 0 N–H and O–H groups in total. The molecule has 1 atom stereocenters. The molecule has 0 aliphatic heterocycles. The van der Waals surface area contributed by atoms with E-state index in [4.69, 9.17) is 10.00 Å². The highest BCUT2D eigenvalue weighted by atomic mass is 32.2. The minimum atomic E-state index is -0.769. The molecule has 3 nitrogen and oxygen atoms in total. The number of nitriles is 1. The standard InChI is InChI=1S/C10H9NO2S/c1-8(12)13-10(7-11)14-9-5-3-2-4-6-9/h2-6,10H,1H3. The van der Waals surface area contributed by atoms with Crippen molar-refractivity contribution in [1.29, 1.82) is 5.26 Å². The van der Waals surface area contributed by atoms with E-state index in [9.17, 15) is 4.79 Å². The molecule has 1 rings (SSSR count). The second-order valence-corrected chi connectivity index (χ2v) is 3.64. The number of nitrogens with zero attached hydrogens (tertiary/aromatic N) is 1.